The summed E-state index contributed by atoms with van der Waals surface area (Å²) in [6.07, 6.45) is 2.41. The molecule has 102 valence electrons. The van der Waals surface area contributed by atoms with E-state index in [1.807, 2.05) is 0 Å². The molecule has 19 heavy (non-hydrogen) atoms. The van der Waals surface area contributed by atoms with Gasteiger partial charge in [-0.1, -0.05) is 0 Å². The molecule has 1 aliphatic heterocycles. The molecule has 0 aliphatic carbocycles. The second-order valence-corrected chi connectivity index (χ2v) is 5.29. The van der Waals surface area contributed by atoms with Crippen LogP contribution in [0.2, 0.25) is 0 Å². The van der Waals surface area contributed by atoms with Gasteiger partial charge in [-0.25, -0.2) is 4.79 Å². The first-order valence-electron chi connectivity index (χ1n) is 5.94. The standard InChI is InChI=1S/C12H13BrN2O4/c13-9-7-8(15(18)19)4-5-10(9)14-6-2-1-3-11(14)12(16)17/h4-5,7,11H,1-3,6H2,(H,16,17). The first kappa shape index (κ1) is 13.8. The van der Waals surface area contributed by atoms with Gasteiger partial charge in [-0.05, 0) is 41.3 Å². The van der Waals surface area contributed by atoms with Crippen molar-refractivity contribution in [3.63, 3.8) is 0 Å². The Balaban J connectivity index is 2.34. The zero-order chi connectivity index (χ0) is 14.0. The fourth-order valence-electron chi connectivity index (χ4n) is 2.32. The van der Waals surface area contributed by atoms with Gasteiger partial charge in [0.15, 0.2) is 0 Å². The Labute approximate surface area is 118 Å². The van der Waals surface area contributed by atoms with Gasteiger partial charge < -0.3 is 10.0 Å². The molecular weight excluding hydrogens is 316 g/mol. The van der Waals surface area contributed by atoms with Gasteiger partial charge in [0.25, 0.3) is 5.69 Å². The second-order valence-electron chi connectivity index (χ2n) is 4.44. The highest BCUT2D eigenvalue weighted by atomic mass is 79.9. The molecule has 1 aromatic rings. The monoisotopic (exact) mass is 328 g/mol. The second kappa shape index (κ2) is 5.56. The number of benzene rings is 1. The van der Waals surface area contributed by atoms with Gasteiger partial charge in [-0.3, -0.25) is 10.1 Å². The van der Waals surface area contributed by atoms with E-state index in [1.165, 1.54) is 12.1 Å². The van der Waals surface area contributed by atoms with Crippen molar-refractivity contribution in [2.45, 2.75) is 25.3 Å². The Bertz CT molecular complexity index is 520. The van der Waals surface area contributed by atoms with Crippen LogP contribution in [0.4, 0.5) is 11.4 Å². The predicted octanol–water partition coefficient (Wildman–Crippen LogP) is 2.80. The van der Waals surface area contributed by atoms with Crippen molar-refractivity contribution < 1.29 is 14.8 Å². The lowest BCUT2D eigenvalue weighted by atomic mass is 10.0. The summed E-state index contributed by atoms with van der Waals surface area (Å²) in [5.74, 6) is -0.857. The smallest absolute Gasteiger partial charge is 0.326 e. The average Bonchev–Trinajstić information content (AvgIpc) is 2.38. The molecule has 1 heterocycles. The summed E-state index contributed by atoms with van der Waals surface area (Å²) >= 11 is 3.29. The Morgan fingerprint density at radius 1 is 1.47 bits per heavy atom. The van der Waals surface area contributed by atoms with E-state index in [0.717, 1.165) is 12.8 Å². The lowest BCUT2D eigenvalue weighted by Crippen LogP contribution is -2.44. The largest absolute Gasteiger partial charge is 0.480 e. The zero-order valence-electron chi connectivity index (χ0n) is 10.1. The van der Waals surface area contributed by atoms with Crippen molar-refractivity contribution >= 4 is 33.3 Å². The minimum absolute atomic E-state index is 0.0143. The molecule has 0 spiro atoms. The number of nitro benzene ring substituents is 1. The van der Waals surface area contributed by atoms with E-state index in [1.54, 1.807) is 11.0 Å². The quantitative estimate of drug-likeness (QED) is 0.681. The van der Waals surface area contributed by atoms with Crippen LogP contribution in [-0.4, -0.2) is 28.6 Å². The zero-order valence-corrected chi connectivity index (χ0v) is 11.7. The van der Waals surface area contributed by atoms with Gasteiger partial charge >= 0.3 is 5.97 Å². The molecule has 1 fully saturated rings. The molecule has 0 radical (unpaired) electrons. The summed E-state index contributed by atoms with van der Waals surface area (Å²) in [4.78, 5) is 23.3. The molecule has 0 bridgehead atoms. The Morgan fingerprint density at radius 3 is 2.79 bits per heavy atom. The topological polar surface area (TPSA) is 83.7 Å². The van der Waals surface area contributed by atoms with E-state index in [4.69, 9.17) is 0 Å². The fourth-order valence-corrected chi connectivity index (χ4v) is 2.91. The van der Waals surface area contributed by atoms with Crippen LogP contribution in [0.5, 0.6) is 0 Å². The third-order valence-corrected chi connectivity index (χ3v) is 3.87. The third kappa shape index (κ3) is 2.86. The number of carbonyl (C=O) groups is 1. The number of piperidine rings is 1. The highest BCUT2D eigenvalue weighted by molar-refractivity contribution is 9.10. The maximum Gasteiger partial charge on any atom is 0.326 e. The van der Waals surface area contributed by atoms with E-state index in [9.17, 15) is 20.0 Å². The lowest BCUT2D eigenvalue weighted by Gasteiger charge is -2.35. The molecule has 1 aromatic carbocycles. The minimum Gasteiger partial charge on any atom is -0.480 e. The number of non-ortho nitro benzene ring substituents is 1. The molecule has 6 nitrogen and oxygen atoms in total. The maximum absolute atomic E-state index is 11.3. The van der Waals surface area contributed by atoms with Crippen LogP contribution >= 0.6 is 15.9 Å². The van der Waals surface area contributed by atoms with Gasteiger partial charge in [0.05, 0.1) is 10.6 Å². The number of carboxylic acid groups (broad SMARTS) is 1. The lowest BCUT2D eigenvalue weighted by molar-refractivity contribution is -0.384. The van der Waals surface area contributed by atoms with Crippen LogP contribution in [0.25, 0.3) is 0 Å². The van der Waals surface area contributed by atoms with Gasteiger partial charge in [0.1, 0.15) is 6.04 Å². The Kier molecular flexibility index (Phi) is 4.04. The van der Waals surface area contributed by atoms with Gasteiger partial charge in [0.2, 0.25) is 0 Å². The fraction of sp³-hybridized carbons (Fsp3) is 0.417. The number of nitro groups is 1. The Hall–Kier alpha value is -1.63. The van der Waals surface area contributed by atoms with Gasteiger partial charge in [-0.15, -0.1) is 0 Å². The van der Waals surface area contributed by atoms with E-state index >= 15 is 0 Å². The predicted molar refractivity (Wildman–Crippen MR) is 73.4 cm³/mol. The van der Waals surface area contributed by atoms with E-state index in [0.29, 0.717) is 23.1 Å². The van der Waals surface area contributed by atoms with Gasteiger partial charge in [-0.2, -0.15) is 0 Å². The summed E-state index contributed by atoms with van der Waals surface area (Å²) in [5.41, 5.74) is 0.678. The number of halogens is 1. The molecule has 1 atom stereocenters. The van der Waals surface area contributed by atoms with Crippen molar-refractivity contribution in [2.24, 2.45) is 0 Å². The van der Waals surface area contributed by atoms with Crippen molar-refractivity contribution in [1.82, 2.24) is 0 Å². The molecule has 0 amide bonds. The number of hydrogen-bond acceptors (Lipinski definition) is 4. The summed E-state index contributed by atoms with van der Waals surface area (Å²) < 4.78 is 0.551. The van der Waals surface area contributed by atoms with Crippen LogP contribution < -0.4 is 4.90 Å². The molecule has 1 saturated heterocycles. The molecule has 2 rings (SSSR count). The van der Waals surface area contributed by atoms with Crippen LogP contribution in [0, 0.1) is 10.1 Å². The van der Waals surface area contributed by atoms with Crippen LogP contribution in [-0.2, 0) is 4.79 Å². The number of aliphatic carboxylic acids is 1. The number of carboxylic acids is 1. The van der Waals surface area contributed by atoms with Crippen molar-refractivity contribution in [2.75, 3.05) is 11.4 Å². The van der Waals surface area contributed by atoms with E-state index in [2.05, 4.69) is 15.9 Å². The van der Waals surface area contributed by atoms with Crippen LogP contribution in [0.15, 0.2) is 22.7 Å². The molecule has 1 N–H and O–H groups in total. The van der Waals surface area contributed by atoms with Crippen LogP contribution in [0.1, 0.15) is 19.3 Å². The summed E-state index contributed by atoms with van der Waals surface area (Å²) in [6.45, 7) is 0.646. The molecule has 0 aromatic heterocycles. The van der Waals surface area contributed by atoms with E-state index in [-0.39, 0.29) is 5.69 Å². The highest BCUT2D eigenvalue weighted by Crippen LogP contribution is 2.34. The summed E-state index contributed by atoms with van der Waals surface area (Å²) in [6, 6.07) is 3.84. The van der Waals surface area contributed by atoms with Crippen LogP contribution in [0.3, 0.4) is 0 Å². The third-order valence-electron chi connectivity index (χ3n) is 3.24. The van der Waals surface area contributed by atoms with Crippen molar-refractivity contribution in [1.29, 1.82) is 0 Å². The summed E-state index contributed by atoms with van der Waals surface area (Å²) in [7, 11) is 0. The number of anilines is 1. The number of nitrogens with zero attached hydrogens (tertiary/aromatic N) is 2. The molecule has 7 heteroatoms. The summed E-state index contributed by atoms with van der Waals surface area (Å²) in [5, 5.41) is 19.9. The average molecular weight is 329 g/mol. The SMILES string of the molecule is O=C(O)C1CCCCN1c1ccc([N+](=O)[O-])cc1Br. The first-order valence-corrected chi connectivity index (χ1v) is 6.73. The van der Waals surface area contributed by atoms with Gasteiger partial charge in [0, 0.05) is 23.2 Å². The molecular formula is C12H13BrN2O4. The Morgan fingerprint density at radius 2 is 2.21 bits per heavy atom. The molecule has 1 unspecified atom stereocenters. The maximum atomic E-state index is 11.3. The van der Waals surface area contributed by atoms with Crippen molar-refractivity contribution in [3.8, 4) is 0 Å². The minimum atomic E-state index is -0.857. The first-order chi connectivity index (χ1) is 9.00. The molecule has 1 aliphatic rings. The molecule has 0 saturated carbocycles. The highest BCUT2D eigenvalue weighted by Gasteiger charge is 2.30. The normalized spacial score (nSPS) is 19.2. The van der Waals surface area contributed by atoms with E-state index < -0.39 is 16.9 Å². The van der Waals surface area contributed by atoms with Crippen molar-refractivity contribution in [3.05, 3.63) is 32.8 Å². The number of rotatable bonds is 3. The number of hydrogen-bond donors (Lipinski definition) is 1.